The third kappa shape index (κ3) is 2.64. The van der Waals surface area contributed by atoms with E-state index in [4.69, 9.17) is 5.73 Å². The molecule has 1 atom stereocenters. The zero-order chi connectivity index (χ0) is 15.1. The van der Waals surface area contributed by atoms with Gasteiger partial charge >= 0.3 is 0 Å². The first-order valence-corrected chi connectivity index (χ1v) is 7.92. The monoisotopic (exact) mass is 304 g/mol. The molecular formula is C13H18F2N2O2S. The molecule has 7 heteroatoms. The minimum absolute atomic E-state index is 0.138. The summed E-state index contributed by atoms with van der Waals surface area (Å²) in [5, 5.41) is 0. The molecule has 1 saturated heterocycles. The minimum Gasteiger partial charge on any atom is -0.399 e. The number of nitrogens with zero attached hydrogens (tertiary/aromatic N) is 1. The van der Waals surface area contributed by atoms with Gasteiger partial charge in [-0.3, -0.25) is 0 Å². The van der Waals surface area contributed by atoms with Crippen LogP contribution in [0.1, 0.15) is 20.3 Å². The number of benzene rings is 1. The van der Waals surface area contributed by atoms with E-state index in [0.29, 0.717) is 18.9 Å². The Bertz CT molecular complexity index is 594. The number of rotatable bonds is 3. The van der Waals surface area contributed by atoms with Gasteiger partial charge in [0.05, 0.1) is 0 Å². The SMILES string of the molecule is CC(C)C1CCN(S(=O)(=O)c2c(F)cc(N)cc2F)C1. The zero-order valence-electron chi connectivity index (χ0n) is 11.4. The number of anilines is 1. The molecule has 0 amide bonds. The van der Waals surface area contributed by atoms with Gasteiger partial charge in [-0.05, 0) is 30.4 Å². The van der Waals surface area contributed by atoms with Crippen LogP contribution in [0.15, 0.2) is 17.0 Å². The number of halogens is 2. The van der Waals surface area contributed by atoms with Crippen LogP contribution >= 0.6 is 0 Å². The summed E-state index contributed by atoms with van der Waals surface area (Å²) in [5.74, 6) is -1.74. The molecule has 2 N–H and O–H groups in total. The van der Waals surface area contributed by atoms with Crippen LogP contribution in [0.5, 0.6) is 0 Å². The van der Waals surface area contributed by atoms with Crippen LogP contribution < -0.4 is 5.73 Å². The molecule has 0 bridgehead atoms. The van der Waals surface area contributed by atoms with Crippen molar-refractivity contribution in [2.45, 2.75) is 25.2 Å². The lowest BCUT2D eigenvalue weighted by Crippen LogP contribution is -2.31. The summed E-state index contributed by atoms with van der Waals surface area (Å²) in [4.78, 5) is -0.906. The van der Waals surface area contributed by atoms with Gasteiger partial charge in [0.1, 0.15) is 11.6 Å². The van der Waals surface area contributed by atoms with Gasteiger partial charge in [0.25, 0.3) is 0 Å². The fourth-order valence-corrected chi connectivity index (χ4v) is 4.07. The van der Waals surface area contributed by atoms with Crippen LogP contribution in [-0.2, 0) is 10.0 Å². The van der Waals surface area contributed by atoms with Crippen LogP contribution in [0.4, 0.5) is 14.5 Å². The third-order valence-corrected chi connectivity index (χ3v) is 5.67. The van der Waals surface area contributed by atoms with Crippen LogP contribution in [-0.4, -0.2) is 25.8 Å². The standard InChI is InChI=1S/C13H18F2N2O2S/c1-8(2)9-3-4-17(7-9)20(18,19)13-11(14)5-10(16)6-12(13)15/h5-6,8-9H,3-4,7,16H2,1-2H3. The second-order valence-corrected chi connectivity index (χ2v) is 7.34. The molecule has 0 aromatic heterocycles. The number of sulfonamides is 1. The first-order valence-electron chi connectivity index (χ1n) is 6.48. The molecule has 2 rings (SSSR count). The lowest BCUT2D eigenvalue weighted by Gasteiger charge is -2.19. The van der Waals surface area contributed by atoms with Crippen molar-refractivity contribution in [1.29, 1.82) is 0 Å². The van der Waals surface area contributed by atoms with Gasteiger partial charge < -0.3 is 5.73 Å². The molecule has 1 aliphatic rings. The van der Waals surface area contributed by atoms with E-state index in [0.717, 1.165) is 16.4 Å². The fraction of sp³-hybridized carbons (Fsp3) is 0.538. The van der Waals surface area contributed by atoms with Crippen LogP contribution in [0.3, 0.4) is 0 Å². The molecule has 0 spiro atoms. The molecule has 0 radical (unpaired) electrons. The summed E-state index contributed by atoms with van der Waals surface area (Å²) in [6.45, 7) is 4.59. The van der Waals surface area contributed by atoms with Gasteiger partial charge in [0.15, 0.2) is 4.90 Å². The Morgan fingerprint density at radius 2 is 1.85 bits per heavy atom. The molecule has 1 aromatic carbocycles. The Balaban J connectivity index is 2.38. The normalized spacial score (nSPS) is 20.8. The van der Waals surface area contributed by atoms with Crippen LogP contribution in [0.25, 0.3) is 0 Å². The van der Waals surface area contributed by atoms with Gasteiger partial charge in [-0.1, -0.05) is 13.8 Å². The van der Waals surface area contributed by atoms with E-state index >= 15 is 0 Å². The Hall–Kier alpha value is -1.21. The van der Waals surface area contributed by atoms with Crippen molar-refractivity contribution in [2.24, 2.45) is 11.8 Å². The second-order valence-electron chi connectivity index (χ2n) is 5.47. The van der Waals surface area contributed by atoms with Crippen molar-refractivity contribution in [2.75, 3.05) is 18.8 Å². The quantitative estimate of drug-likeness (QED) is 0.871. The predicted molar refractivity (Wildman–Crippen MR) is 72.5 cm³/mol. The molecule has 1 unspecified atom stereocenters. The highest BCUT2D eigenvalue weighted by atomic mass is 32.2. The summed E-state index contributed by atoms with van der Waals surface area (Å²) < 4.78 is 53.4. The molecular weight excluding hydrogens is 286 g/mol. The highest BCUT2D eigenvalue weighted by Crippen LogP contribution is 2.31. The highest BCUT2D eigenvalue weighted by Gasteiger charge is 2.37. The molecule has 4 nitrogen and oxygen atoms in total. The third-order valence-electron chi connectivity index (χ3n) is 3.75. The highest BCUT2D eigenvalue weighted by molar-refractivity contribution is 7.89. The average molecular weight is 304 g/mol. The topological polar surface area (TPSA) is 63.4 Å². The van der Waals surface area contributed by atoms with Crippen molar-refractivity contribution in [1.82, 2.24) is 4.31 Å². The van der Waals surface area contributed by atoms with E-state index in [1.165, 1.54) is 0 Å². The van der Waals surface area contributed by atoms with E-state index in [1.807, 2.05) is 13.8 Å². The van der Waals surface area contributed by atoms with Gasteiger partial charge in [-0.25, -0.2) is 17.2 Å². The maximum absolute atomic E-state index is 13.8. The molecule has 20 heavy (non-hydrogen) atoms. The minimum atomic E-state index is -4.16. The molecule has 112 valence electrons. The number of hydrogen-bond donors (Lipinski definition) is 1. The van der Waals surface area contributed by atoms with Crippen molar-refractivity contribution >= 4 is 15.7 Å². The van der Waals surface area contributed by atoms with Crippen molar-refractivity contribution < 1.29 is 17.2 Å². The first kappa shape index (κ1) is 15.2. The van der Waals surface area contributed by atoms with E-state index < -0.39 is 26.6 Å². The average Bonchev–Trinajstić information content (AvgIpc) is 2.76. The number of nitrogen functional groups attached to an aromatic ring is 1. The van der Waals surface area contributed by atoms with Crippen molar-refractivity contribution in [3.63, 3.8) is 0 Å². The van der Waals surface area contributed by atoms with Crippen molar-refractivity contribution in [3.8, 4) is 0 Å². The van der Waals surface area contributed by atoms with Gasteiger partial charge in [-0.15, -0.1) is 0 Å². The maximum Gasteiger partial charge on any atom is 0.248 e. The second kappa shape index (κ2) is 5.29. The predicted octanol–water partition coefficient (Wildman–Crippen LogP) is 2.21. The van der Waals surface area contributed by atoms with Gasteiger partial charge in [-0.2, -0.15) is 4.31 Å². The summed E-state index contributed by atoms with van der Waals surface area (Å²) >= 11 is 0. The largest absolute Gasteiger partial charge is 0.399 e. The van der Waals surface area contributed by atoms with Gasteiger partial charge in [0.2, 0.25) is 10.0 Å². The molecule has 0 saturated carbocycles. The molecule has 0 aliphatic carbocycles. The molecule has 1 fully saturated rings. The summed E-state index contributed by atoms with van der Waals surface area (Å²) in [5.41, 5.74) is 5.16. The van der Waals surface area contributed by atoms with E-state index in [2.05, 4.69) is 0 Å². The van der Waals surface area contributed by atoms with E-state index in [9.17, 15) is 17.2 Å². The number of nitrogens with two attached hydrogens (primary N) is 1. The Morgan fingerprint density at radius 1 is 1.30 bits per heavy atom. The Kier molecular flexibility index (Phi) is 4.02. The Labute approximate surface area is 117 Å². The first-order chi connectivity index (χ1) is 9.23. The van der Waals surface area contributed by atoms with Crippen molar-refractivity contribution in [3.05, 3.63) is 23.8 Å². The molecule has 1 aliphatic heterocycles. The summed E-state index contributed by atoms with van der Waals surface area (Å²) in [7, 11) is -4.16. The summed E-state index contributed by atoms with van der Waals surface area (Å²) in [6, 6.07) is 1.65. The number of hydrogen-bond acceptors (Lipinski definition) is 3. The van der Waals surface area contributed by atoms with Crippen LogP contribution in [0, 0.1) is 23.5 Å². The lowest BCUT2D eigenvalue weighted by atomic mass is 9.96. The van der Waals surface area contributed by atoms with Gasteiger partial charge in [0, 0.05) is 18.8 Å². The lowest BCUT2D eigenvalue weighted by molar-refractivity contribution is 0.386. The van der Waals surface area contributed by atoms with Crippen LogP contribution in [0.2, 0.25) is 0 Å². The Morgan fingerprint density at radius 3 is 2.30 bits per heavy atom. The smallest absolute Gasteiger partial charge is 0.248 e. The van der Waals surface area contributed by atoms with E-state index in [1.54, 1.807) is 0 Å². The molecule has 1 aromatic rings. The maximum atomic E-state index is 13.8. The fourth-order valence-electron chi connectivity index (χ4n) is 2.47. The molecule has 1 heterocycles. The zero-order valence-corrected chi connectivity index (χ0v) is 12.3. The van der Waals surface area contributed by atoms with E-state index in [-0.39, 0.29) is 18.2 Å². The summed E-state index contributed by atoms with van der Waals surface area (Å²) in [6.07, 6.45) is 0.703.